The summed E-state index contributed by atoms with van der Waals surface area (Å²) < 4.78 is 0. The summed E-state index contributed by atoms with van der Waals surface area (Å²) in [5.74, 6) is 6.48. The highest BCUT2D eigenvalue weighted by Crippen LogP contribution is 2.24. The van der Waals surface area contributed by atoms with Crippen molar-refractivity contribution in [3.63, 3.8) is 0 Å². The van der Waals surface area contributed by atoms with Gasteiger partial charge in [-0.25, -0.2) is 0 Å². The van der Waals surface area contributed by atoms with Crippen LogP contribution in [0.15, 0.2) is 60.7 Å². The second-order valence-corrected chi connectivity index (χ2v) is 6.12. The summed E-state index contributed by atoms with van der Waals surface area (Å²) in [6.07, 6.45) is 4.90. The Bertz CT molecular complexity index is 879. The van der Waals surface area contributed by atoms with Gasteiger partial charge in [0.1, 0.15) is 5.75 Å². The Kier molecular flexibility index (Phi) is 5.18. The molecule has 0 aliphatic rings. The van der Waals surface area contributed by atoms with E-state index in [0.717, 1.165) is 22.8 Å². The van der Waals surface area contributed by atoms with Gasteiger partial charge in [-0.2, -0.15) is 0 Å². The second kappa shape index (κ2) is 7.70. The molecule has 1 N–H and O–H groups in total. The Labute approximate surface area is 144 Å². The van der Waals surface area contributed by atoms with E-state index >= 15 is 0 Å². The maximum atomic E-state index is 10.1. The first kappa shape index (κ1) is 16.1. The molecule has 0 fully saturated rings. The zero-order valence-electron chi connectivity index (χ0n) is 14.0. The number of fused-ring (bicyclic) bond motifs is 1. The molecule has 3 rings (SSSR count). The number of phenolic OH excluding ortho intramolecular Hbond substituents is 1. The molecule has 0 bridgehead atoms. The van der Waals surface area contributed by atoms with E-state index in [1.807, 2.05) is 30.3 Å². The number of hydrogen-bond donors (Lipinski definition) is 1. The van der Waals surface area contributed by atoms with E-state index in [1.54, 1.807) is 6.07 Å². The van der Waals surface area contributed by atoms with Crippen molar-refractivity contribution in [3.8, 4) is 17.6 Å². The highest BCUT2D eigenvalue weighted by Gasteiger charge is 2.01. The largest absolute Gasteiger partial charge is 0.507 e. The quantitative estimate of drug-likeness (QED) is 0.485. The Morgan fingerprint density at radius 3 is 2.25 bits per heavy atom. The van der Waals surface area contributed by atoms with Crippen molar-refractivity contribution in [1.82, 2.24) is 0 Å². The number of benzene rings is 3. The molecule has 3 aromatic rings. The van der Waals surface area contributed by atoms with Crippen LogP contribution in [0.25, 0.3) is 10.8 Å². The van der Waals surface area contributed by atoms with Crippen molar-refractivity contribution in [2.24, 2.45) is 0 Å². The van der Waals surface area contributed by atoms with Gasteiger partial charge in [0.2, 0.25) is 0 Å². The molecule has 24 heavy (non-hydrogen) atoms. The average Bonchev–Trinajstić information content (AvgIpc) is 2.61. The molecule has 0 spiro atoms. The molecule has 0 unspecified atom stereocenters. The summed E-state index contributed by atoms with van der Waals surface area (Å²) in [6.45, 7) is 2.22. The van der Waals surface area contributed by atoms with Gasteiger partial charge in [-0.05, 0) is 53.4 Å². The Balaban J connectivity index is 1.78. The maximum Gasteiger partial charge on any atom is 0.131 e. The summed E-state index contributed by atoms with van der Waals surface area (Å²) >= 11 is 0. The highest BCUT2D eigenvalue weighted by atomic mass is 16.3. The van der Waals surface area contributed by atoms with Crippen molar-refractivity contribution in [2.45, 2.75) is 32.6 Å². The van der Waals surface area contributed by atoms with Crippen LogP contribution >= 0.6 is 0 Å². The van der Waals surface area contributed by atoms with Crippen LogP contribution in [0.5, 0.6) is 5.75 Å². The monoisotopic (exact) mass is 314 g/mol. The van der Waals surface area contributed by atoms with E-state index in [4.69, 9.17) is 0 Å². The van der Waals surface area contributed by atoms with Crippen molar-refractivity contribution < 1.29 is 5.11 Å². The summed E-state index contributed by atoms with van der Waals surface area (Å²) in [5.41, 5.74) is 3.00. The SMILES string of the molecule is CCCCCc1ccc(C#Cc2cc3ccccc3cc2O)cc1. The third-order valence-electron chi connectivity index (χ3n) is 4.23. The van der Waals surface area contributed by atoms with Crippen LogP contribution in [0.3, 0.4) is 0 Å². The maximum absolute atomic E-state index is 10.1. The molecule has 0 aliphatic heterocycles. The van der Waals surface area contributed by atoms with Gasteiger partial charge in [0.25, 0.3) is 0 Å². The lowest BCUT2D eigenvalue weighted by Gasteiger charge is -2.02. The Hall–Kier alpha value is -2.72. The van der Waals surface area contributed by atoms with E-state index in [0.29, 0.717) is 5.56 Å². The molecule has 0 aliphatic carbocycles. The van der Waals surface area contributed by atoms with Crippen molar-refractivity contribution in [1.29, 1.82) is 0 Å². The predicted octanol–water partition coefficient (Wildman–Crippen LogP) is 5.68. The first-order valence-electron chi connectivity index (χ1n) is 8.59. The molecular weight excluding hydrogens is 292 g/mol. The standard InChI is InChI=1S/C23H22O/c1-2-3-4-7-18-10-12-19(13-11-18)14-15-22-16-20-8-5-6-9-21(20)17-23(22)24/h5-6,8-13,16-17,24H,2-4,7H2,1H3. The third-order valence-corrected chi connectivity index (χ3v) is 4.23. The van der Waals surface area contributed by atoms with Crippen LogP contribution in [-0.2, 0) is 6.42 Å². The van der Waals surface area contributed by atoms with Crippen molar-refractivity contribution in [2.75, 3.05) is 0 Å². The van der Waals surface area contributed by atoms with Gasteiger partial charge in [0.15, 0.2) is 0 Å². The van der Waals surface area contributed by atoms with Gasteiger partial charge < -0.3 is 5.11 Å². The summed E-state index contributed by atoms with van der Waals surface area (Å²) in [5, 5.41) is 12.3. The first-order chi connectivity index (χ1) is 11.8. The normalized spacial score (nSPS) is 10.4. The highest BCUT2D eigenvalue weighted by molar-refractivity contribution is 5.85. The lowest BCUT2D eigenvalue weighted by Crippen LogP contribution is -1.86. The van der Waals surface area contributed by atoms with Crippen molar-refractivity contribution >= 4 is 10.8 Å². The topological polar surface area (TPSA) is 20.2 Å². The molecule has 0 saturated heterocycles. The molecule has 0 saturated carbocycles. The molecule has 120 valence electrons. The number of phenols is 1. The minimum absolute atomic E-state index is 0.234. The lowest BCUT2D eigenvalue weighted by molar-refractivity contribution is 0.474. The average molecular weight is 314 g/mol. The van der Waals surface area contributed by atoms with Crippen molar-refractivity contribution in [3.05, 3.63) is 77.4 Å². The third kappa shape index (κ3) is 3.97. The lowest BCUT2D eigenvalue weighted by atomic mass is 10.0. The van der Waals surface area contributed by atoms with Crippen LogP contribution in [0, 0.1) is 11.8 Å². The zero-order chi connectivity index (χ0) is 16.8. The molecule has 3 aromatic carbocycles. The predicted molar refractivity (Wildman–Crippen MR) is 101 cm³/mol. The van der Waals surface area contributed by atoms with Gasteiger partial charge in [-0.1, -0.05) is 68.0 Å². The van der Waals surface area contributed by atoms with Crippen LogP contribution < -0.4 is 0 Å². The molecular formula is C23H22O. The molecule has 0 atom stereocenters. The molecule has 0 radical (unpaired) electrons. The van der Waals surface area contributed by atoms with Gasteiger partial charge in [-0.15, -0.1) is 0 Å². The van der Waals surface area contributed by atoms with Gasteiger partial charge in [0, 0.05) is 5.56 Å². The first-order valence-corrected chi connectivity index (χ1v) is 8.59. The fourth-order valence-corrected chi connectivity index (χ4v) is 2.80. The van der Waals surface area contributed by atoms with E-state index in [1.165, 1.54) is 24.8 Å². The fraction of sp³-hybridized carbons (Fsp3) is 0.217. The summed E-state index contributed by atoms with van der Waals surface area (Å²) in [7, 11) is 0. The number of rotatable bonds is 4. The van der Waals surface area contributed by atoms with E-state index < -0.39 is 0 Å². The fourth-order valence-electron chi connectivity index (χ4n) is 2.80. The zero-order valence-corrected chi connectivity index (χ0v) is 14.0. The van der Waals surface area contributed by atoms with Gasteiger partial charge in [-0.3, -0.25) is 0 Å². The van der Waals surface area contributed by atoms with E-state index in [9.17, 15) is 5.11 Å². The van der Waals surface area contributed by atoms with Crippen LogP contribution in [0.1, 0.15) is 42.9 Å². The van der Waals surface area contributed by atoms with Crippen LogP contribution in [0.4, 0.5) is 0 Å². The van der Waals surface area contributed by atoms with Gasteiger partial charge in [0.05, 0.1) is 5.56 Å². The number of aromatic hydroxyl groups is 1. The Morgan fingerprint density at radius 1 is 0.833 bits per heavy atom. The Morgan fingerprint density at radius 2 is 1.54 bits per heavy atom. The van der Waals surface area contributed by atoms with E-state index in [2.05, 4.69) is 43.0 Å². The molecule has 1 heteroatoms. The minimum Gasteiger partial charge on any atom is -0.507 e. The van der Waals surface area contributed by atoms with Gasteiger partial charge >= 0.3 is 0 Å². The number of hydrogen-bond acceptors (Lipinski definition) is 1. The second-order valence-electron chi connectivity index (χ2n) is 6.12. The molecule has 0 heterocycles. The number of unbranched alkanes of at least 4 members (excludes halogenated alkanes) is 2. The smallest absolute Gasteiger partial charge is 0.131 e. The van der Waals surface area contributed by atoms with Crippen LogP contribution in [0.2, 0.25) is 0 Å². The summed E-state index contributed by atoms with van der Waals surface area (Å²) in [4.78, 5) is 0. The number of aryl methyl sites for hydroxylation is 1. The molecule has 0 amide bonds. The minimum atomic E-state index is 0.234. The molecule has 1 nitrogen and oxygen atoms in total. The van der Waals surface area contributed by atoms with Crippen LogP contribution in [-0.4, -0.2) is 5.11 Å². The van der Waals surface area contributed by atoms with E-state index in [-0.39, 0.29) is 5.75 Å². The molecule has 0 aromatic heterocycles. The summed E-state index contributed by atoms with van der Waals surface area (Å²) in [6, 6.07) is 20.1.